The summed E-state index contributed by atoms with van der Waals surface area (Å²) in [6.07, 6.45) is 3.02. The molecule has 0 aromatic carbocycles. The second-order valence-corrected chi connectivity index (χ2v) is 5.27. The Morgan fingerprint density at radius 2 is 2.40 bits per heavy atom. The molecule has 1 aromatic rings. The summed E-state index contributed by atoms with van der Waals surface area (Å²) in [7, 11) is 0. The van der Waals surface area contributed by atoms with Crippen LogP contribution in [0.1, 0.15) is 37.0 Å². The molecule has 0 spiro atoms. The Kier molecular flexibility index (Phi) is 4.54. The summed E-state index contributed by atoms with van der Waals surface area (Å²) in [6.45, 7) is 5.54. The molecule has 1 unspecified atom stereocenters. The summed E-state index contributed by atoms with van der Waals surface area (Å²) in [5, 5.41) is 5.71. The Labute approximate surface area is 117 Å². The number of ether oxygens (including phenoxy) is 1. The highest BCUT2D eigenvalue weighted by Crippen LogP contribution is 2.20. The third-order valence-electron chi connectivity index (χ3n) is 3.31. The standard InChI is InChI=1S/C14H20FN3O2/c1-3-6-16-12-11(15)10(4-7-17-12)13(19)18-14(2)5-8-20-9-14/h4,7H,3,5-6,8-9H2,1-2H3,(H,16,17)(H,18,19). The highest BCUT2D eigenvalue weighted by atomic mass is 19.1. The molecule has 110 valence electrons. The van der Waals surface area contributed by atoms with Gasteiger partial charge in [0.2, 0.25) is 0 Å². The van der Waals surface area contributed by atoms with Crippen molar-refractivity contribution in [1.29, 1.82) is 0 Å². The molecule has 1 fully saturated rings. The lowest BCUT2D eigenvalue weighted by Crippen LogP contribution is -2.46. The topological polar surface area (TPSA) is 63.2 Å². The summed E-state index contributed by atoms with van der Waals surface area (Å²) in [4.78, 5) is 16.1. The quantitative estimate of drug-likeness (QED) is 0.866. The van der Waals surface area contributed by atoms with Gasteiger partial charge in [0.05, 0.1) is 17.7 Å². The lowest BCUT2D eigenvalue weighted by molar-refractivity contribution is 0.0885. The van der Waals surface area contributed by atoms with E-state index in [4.69, 9.17) is 4.74 Å². The number of halogens is 1. The zero-order valence-electron chi connectivity index (χ0n) is 11.8. The van der Waals surface area contributed by atoms with Crippen molar-refractivity contribution in [2.24, 2.45) is 0 Å². The van der Waals surface area contributed by atoms with E-state index in [0.717, 1.165) is 12.8 Å². The van der Waals surface area contributed by atoms with Crippen LogP contribution in [0.3, 0.4) is 0 Å². The van der Waals surface area contributed by atoms with Gasteiger partial charge in [-0.1, -0.05) is 6.92 Å². The molecule has 0 saturated carbocycles. The van der Waals surface area contributed by atoms with Crippen LogP contribution in [0.25, 0.3) is 0 Å². The molecule has 1 aromatic heterocycles. The average Bonchev–Trinajstić information content (AvgIpc) is 2.84. The zero-order valence-corrected chi connectivity index (χ0v) is 11.8. The van der Waals surface area contributed by atoms with E-state index in [0.29, 0.717) is 19.8 Å². The molecule has 1 amide bonds. The summed E-state index contributed by atoms with van der Waals surface area (Å²) in [5.74, 6) is -0.925. The number of carbonyl (C=O) groups is 1. The molecule has 20 heavy (non-hydrogen) atoms. The van der Waals surface area contributed by atoms with Crippen molar-refractivity contribution in [2.75, 3.05) is 25.1 Å². The number of rotatable bonds is 5. The van der Waals surface area contributed by atoms with E-state index in [1.54, 1.807) is 0 Å². The number of nitrogens with zero attached hydrogens (tertiary/aromatic N) is 1. The third kappa shape index (κ3) is 3.25. The normalized spacial score (nSPS) is 21.8. The first-order valence-electron chi connectivity index (χ1n) is 6.84. The lowest BCUT2D eigenvalue weighted by atomic mass is 10.0. The molecular weight excluding hydrogens is 261 g/mol. The van der Waals surface area contributed by atoms with Crippen LogP contribution in [0.5, 0.6) is 0 Å². The fourth-order valence-corrected chi connectivity index (χ4v) is 2.09. The van der Waals surface area contributed by atoms with Gasteiger partial charge in [0.1, 0.15) is 0 Å². The monoisotopic (exact) mass is 281 g/mol. The first-order valence-corrected chi connectivity index (χ1v) is 6.84. The van der Waals surface area contributed by atoms with Gasteiger partial charge in [-0.25, -0.2) is 9.37 Å². The highest BCUT2D eigenvalue weighted by Gasteiger charge is 2.32. The molecule has 1 atom stereocenters. The largest absolute Gasteiger partial charge is 0.379 e. The van der Waals surface area contributed by atoms with E-state index in [1.165, 1.54) is 12.3 Å². The number of hydrogen-bond donors (Lipinski definition) is 2. The number of amides is 1. The second kappa shape index (κ2) is 6.17. The fourth-order valence-electron chi connectivity index (χ4n) is 2.09. The van der Waals surface area contributed by atoms with E-state index in [9.17, 15) is 9.18 Å². The second-order valence-electron chi connectivity index (χ2n) is 5.27. The number of aromatic nitrogens is 1. The Bertz CT molecular complexity index is 487. The first kappa shape index (κ1) is 14.7. The predicted molar refractivity (Wildman–Crippen MR) is 74.3 cm³/mol. The van der Waals surface area contributed by atoms with Crippen molar-refractivity contribution < 1.29 is 13.9 Å². The highest BCUT2D eigenvalue weighted by molar-refractivity contribution is 5.95. The van der Waals surface area contributed by atoms with Gasteiger partial charge in [0.15, 0.2) is 11.6 Å². The third-order valence-corrected chi connectivity index (χ3v) is 3.31. The maximum Gasteiger partial charge on any atom is 0.254 e. The maximum atomic E-state index is 14.2. The number of carbonyl (C=O) groups excluding carboxylic acids is 1. The van der Waals surface area contributed by atoms with Gasteiger partial charge in [-0.3, -0.25) is 4.79 Å². The Morgan fingerprint density at radius 1 is 1.60 bits per heavy atom. The molecule has 2 heterocycles. The number of pyridine rings is 1. The van der Waals surface area contributed by atoms with E-state index in [2.05, 4.69) is 15.6 Å². The van der Waals surface area contributed by atoms with Crippen LogP contribution in [-0.2, 0) is 4.74 Å². The lowest BCUT2D eigenvalue weighted by Gasteiger charge is -2.23. The zero-order chi connectivity index (χ0) is 14.6. The van der Waals surface area contributed by atoms with Gasteiger partial charge in [-0.2, -0.15) is 0 Å². The smallest absolute Gasteiger partial charge is 0.254 e. The van der Waals surface area contributed by atoms with Gasteiger partial charge >= 0.3 is 0 Å². The summed E-state index contributed by atoms with van der Waals surface area (Å²) in [5.41, 5.74) is -0.421. The minimum absolute atomic E-state index is 0.00623. The molecule has 5 nitrogen and oxygen atoms in total. The first-order chi connectivity index (χ1) is 9.56. The molecule has 1 aliphatic rings. The Morgan fingerprint density at radius 3 is 3.05 bits per heavy atom. The van der Waals surface area contributed by atoms with Crippen molar-refractivity contribution >= 4 is 11.7 Å². The van der Waals surface area contributed by atoms with Gasteiger partial charge < -0.3 is 15.4 Å². The van der Waals surface area contributed by atoms with Crippen molar-refractivity contribution in [3.8, 4) is 0 Å². The van der Waals surface area contributed by atoms with Crippen LogP contribution in [0.4, 0.5) is 10.2 Å². The molecule has 1 saturated heterocycles. The van der Waals surface area contributed by atoms with Crippen LogP contribution >= 0.6 is 0 Å². The van der Waals surface area contributed by atoms with Crippen molar-refractivity contribution in [2.45, 2.75) is 32.2 Å². The molecule has 6 heteroatoms. The van der Waals surface area contributed by atoms with E-state index >= 15 is 0 Å². The van der Waals surface area contributed by atoms with E-state index in [-0.39, 0.29) is 11.4 Å². The summed E-state index contributed by atoms with van der Waals surface area (Å²) < 4.78 is 19.5. The predicted octanol–water partition coefficient (Wildman–Crippen LogP) is 1.95. The minimum Gasteiger partial charge on any atom is -0.379 e. The van der Waals surface area contributed by atoms with Crippen LogP contribution < -0.4 is 10.6 Å². The summed E-state index contributed by atoms with van der Waals surface area (Å²) in [6, 6.07) is 1.39. The number of anilines is 1. The maximum absolute atomic E-state index is 14.2. The Hall–Kier alpha value is -1.69. The van der Waals surface area contributed by atoms with Gasteiger partial charge in [-0.15, -0.1) is 0 Å². The SMILES string of the molecule is CCCNc1nccc(C(=O)NC2(C)CCOC2)c1F. The van der Waals surface area contributed by atoms with Crippen molar-refractivity contribution in [3.63, 3.8) is 0 Å². The molecule has 0 aliphatic carbocycles. The van der Waals surface area contributed by atoms with Crippen molar-refractivity contribution in [3.05, 3.63) is 23.6 Å². The van der Waals surface area contributed by atoms with Crippen LogP contribution in [0, 0.1) is 5.82 Å². The van der Waals surface area contributed by atoms with Crippen molar-refractivity contribution in [1.82, 2.24) is 10.3 Å². The van der Waals surface area contributed by atoms with E-state index < -0.39 is 17.3 Å². The Balaban J connectivity index is 2.13. The van der Waals surface area contributed by atoms with Crippen LogP contribution in [0.15, 0.2) is 12.3 Å². The molecule has 0 radical (unpaired) electrons. The van der Waals surface area contributed by atoms with Gasteiger partial charge in [-0.05, 0) is 25.8 Å². The average molecular weight is 281 g/mol. The molecule has 0 bridgehead atoms. The number of nitrogens with one attached hydrogen (secondary N) is 2. The van der Waals surface area contributed by atoms with Crippen LogP contribution in [-0.4, -0.2) is 36.2 Å². The van der Waals surface area contributed by atoms with Gasteiger partial charge in [0.25, 0.3) is 5.91 Å². The van der Waals surface area contributed by atoms with Gasteiger partial charge in [0, 0.05) is 19.3 Å². The minimum atomic E-state index is -0.610. The fraction of sp³-hybridized carbons (Fsp3) is 0.571. The molecule has 2 rings (SSSR count). The molecular formula is C14H20FN3O2. The number of hydrogen-bond acceptors (Lipinski definition) is 4. The summed E-state index contributed by atoms with van der Waals surface area (Å²) >= 11 is 0. The molecule has 1 aliphatic heterocycles. The van der Waals surface area contributed by atoms with Crippen LogP contribution in [0.2, 0.25) is 0 Å². The van der Waals surface area contributed by atoms with E-state index in [1.807, 2.05) is 13.8 Å². The molecule has 2 N–H and O–H groups in total.